The first kappa shape index (κ1) is 18.9. The van der Waals surface area contributed by atoms with Gasteiger partial charge in [-0.1, -0.05) is 24.6 Å². The summed E-state index contributed by atoms with van der Waals surface area (Å²) in [4.78, 5) is 13.8. The molecule has 1 unspecified atom stereocenters. The average molecular weight is 330 g/mol. The van der Waals surface area contributed by atoms with Crippen LogP contribution in [0.3, 0.4) is 0 Å². The molecule has 1 aliphatic rings. The predicted molar refractivity (Wildman–Crippen MR) is 88.4 cm³/mol. The van der Waals surface area contributed by atoms with Gasteiger partial charge in [0.1, 0.15) is 5.82 Å². The summed E-state index contributed by atoms with van der Waals surface area (Å²) in [6.07, 6.45) is 3.68. The molecule has 1 heterocycles. The average Bonchev–Trinajstić information content (AvgIpc) is 2.49. The second-order valence-electron chi connectivity index (χ2n) is 5.55. The zero-order valence-electron chi connectivity index (χ0n) is 12.8. The lowest BCUT2D eigenvalue weighted by molar-refractivity contribution is -0.121. The van der Waals surface area contributed by atoms with E-state index in [2.05, 4.69) is 10.2 Å². The third-order valence-electron chi connectivity index (χ3n) is 3.99. The predicted octanol–water partition coefficient (Wildman–Crippen LogP) is 2.07. The minimum atomic E-state index is -0.158. The fourth-order valence-corrected chi connectivity index (χ4v) is 2.80. The van der Waals surface area contributed by atoms with Crippen LogP contribution in [0.5, 0.6) is 0 Å². The van der Waals surface area contributed by atoms with Crippen molar-refractivity contribution in [3.8, 4) is 0 Å². The molecule has 3 N–H and O–H groups in total. The Morgan fingerprint density at radius 3 is 2.86 bits per heavy atom. The number of carbonyl (C=O) groups excluding carboxylic acids is 1. The van der Waals surface area contributed by atoms with E-state index in [4.69, 9.17) is 5.73 Å². The Balaban J connectivity index is 0.00000242. The molecule has 0 saturated carbocycles. The molecular weight excluding hydrogens is 305 g/mol. The number of likely N-dealkylation sites (tertiary alicyclic amines) is 1. The molecule has 124 valence electrons. The highest BCUT2D eigenvalue weighted by Crippen LogP contribution is 2.20. The van der Waals surface area contributed by atoms with Crippen LogP contribution in [-0.2, 0) is 11.3 Å². The van der Waals surface area contributed by atoms with Crippen LogP contribution < -0.4 is 11.1 Å². The lowest BCUT2D eigenvalue weighted by Gasteiger charge is -2.36. The molecule has 2 rings (SSSR count). The zero-order chi connectivity index (χ0) is 15.1. The van der Waals surface area contributed by atoms with Gasteiger partial charge in [-0.05, 0) is 25.5 Å². The monoisotopic (exact) mass is 329 g/mol. The van der Waals surface area contributed by atoms with Crippen molar-refractivity contribution < 1.29 is 9.18 Å². The lowest BCUT2D eigenvalue weighted by atomic mass is 10.0. The number of hydrogen-bond donors (Lipinski definition) is 2. The molecule has 1 fully saturated rings. The topological polar surface area (TPSA) is 58.4 Å². The van der Waals surface area contributed by atoms with Crippen LogP contribution in [0, 0.1) is 5.82 Å². The zero-order valence-corrected chi connectivity index (χ0v) is 13.6. The van der Waals surface area contributed by atoms with Gasteiger partial charge in [0.05, 0.1) is 0 Å². The number of nitrogens with one attached hydrogen (secondary N) is 1. The van der Waals surface area contributed by atoms with Crippen LogP contribution >= 0.6 is 12.4 Å². The summed E-state index contributed by atoms with van der Waals surface area (Å²) in [5, 5.41) is 2.93. The maximum atomic E-state index is 13.8. The van der Waals surface area contributed by atoms with E-state index in [0.717, 1.165) is 31.4 Å². The summed E-state index contributed by atoms with van der Waals surface area (Å²) >= 11 is 0. The van der Waals surface area contributed by atoms with Crippen molar-refractivity contribution >= 4 is 18.3 Å². The molecule has 1 saturated heterocycles. The Morgan fingerprint density at radius 2 is 2.14 bits per heavy atom. The van der Waals surface area contributed by atoms with E-state index >= 15 is 0 Å². The molecule has 0 aliphatic carbocycles. The van der Waals surface area contributed by atoms with Gasteiger partial charge in [0.2, 0.25) is 5.91 Å². The quantitative estimate of drug-likeness (QED) is 0.840. The number of hydrogen-bond acceptors (Lipinski definition) is 3. The molecule has 1 aromatic carbocycles. The van der Waals surface area contributed by atoms with Gasteiger partial charge in [0.25, 0.3) is 0 Å². The second kappa shape index (κ2) is 9.77. The normalized spacial score (nSPS) is 18.5. The van der Waals surface area contributed by atoms with Gasteiger partial charge in [0.15, 0.2) is 0 Å². The van der Waals surface area contributed by atoms with E-state index in [1.165, 1.54) is 6.07 Å². The lowest BCUT2D eigenvalue weighted by Crippen LogP contribution is -2.46. The van der Waals surface area contributed by atoms with Gasteiger partial charge in [0, 0.05) is 37.7 Å². The third-order valence-corrected chi connectivity index (χ3v) is 3.99. The Kier molecular flexibility index (Phi) is 8.38. The minimum absolute atomic E-state index is 0. The summed E-state index contributed by atoms with van der Waals surface area (Å²) in [6, 6.07) is 7.17. The second-order valence-corrected chi connectivity index (χ2v) is 5.55. The standard InChI is InChI=1S/C16H24FN3O.ClH/c17-15-7-2-1-5-13(15)12-20-10-4-3-6-14(20)11-19-16(21)8-9-18;/h1-2,5,7,14H,3-4,6,8-12,18H2,(H,19,21);1H. The van der Waals surface area contributed by atoms with Gasteiger partial charge in [-0.15, -0.1) is 12.4 Å². The SMILES string of the molecule is Cl.NCCC(=O)NCC1CCCCN1Cc1ccccc1F. The molecule has 6 heteroatoms. The first-order valence-electron chi connectivity index (χ1n) is 7.65. The van der Waals surface area contributed by atoms with Gasteiger partial charge < -0.3 is 11.1 Å². The molecule has 0 spiro atoms. The number of halogens is 2. The van der Waals surface area contributed by atoms with Crippen molar-refractivity contribution in [3.63, 3.8) is 0 Å². The molecule has 4 nitrogen and oxygen atoms in total. The van der Waals surface area contributed by atoms with Gasteiger partial charge in [-0.25, -0.2) is 4.39 Å². The summed E-state index contributed by atoms with van der Waals surface area (Å²) in [5.41, 5.74) is 6.09. The van der Waals surface area contributed by atoms with E-state index in [1.807, 2.05) is 12.1 Å². The molecule has 1 amide bonds. The third kappa shape index (κ3) is 5.55. The van der Waals surface area contributed by atoms with Crippen molar-refractivity contribution in [2.75, 3.05) is 19.6 Å². The van der Waals surface area contributed by atoms with Crippen molar-refractivity contribution in [2.45, 2.75) is 38.3 Å². The summed E-state index contributed by atoms with van der Waals surface area (Å²) < 4.78 is 13.8. The molecule has 1 atom stereocenters. The van der Waals surface area contributed by atoms with E-state index in [9.17, 15) is 9.18 Å². The van der Waals surface area contributed by atoms with Crippen molar-refractivity contribution in [1.82, 2.24) is 10.2 Å². The van der Waals surface area contributed by atoms with Crippen LogP contribution in [0.15, 0.2) is 24.3 Å². The first-order chi connectivity index (χ1) is 10.2. The number of carbonyl (C=O) groups is 1. The van der Waals surface area contributed by atoms with Crippen molar-refractivity contribution in [1.29, 1.82) is 0 Å². The Hall–Kier alpha value is -1.17. The Labute approximate surface area is 137 Å². The molecule has 0 bridgehead atoms. The van der Waals surface area contributed by atoms with Gasteiger partial charge >= 0.3 is 0 Å². The smallest absolute Gasteiger partial charge is 0.221 e. The maximum Gasteiger partial charge on any atom is 0.221 e. The highest BCUT2D eigenvalue weighted by atomic mass is 35.5. The van der Waals surface area contributed by atoms with Crippen LogP contribution in [-0.4, -0.2) is 36.5 Å². The first-order valence-corrected chi connectivity index (χ1v) is 7.65. The minimum Gasteiger partial charge on any atom is -0.354 e. The molecule has 0 radical (unpaired) electrons. The molecule has 1 aromatic rings. The number of piperidine rings is 1. The highest BCUT2D eigenvalue weighted by Gasteiger charge is 2.23. The molecular formula is C16H25ClFN3O. The number of amides is 1. The van der Waals surface area contributed by atoms with E-state index in [1.54, 1.807) is 6.07 Å². The van der Waals surface area contributed by atoms with Crippen molar-refractivity contribution in [2.24, 2.45) is 5.73 Å². The summed E-state index contributed by atoms with van der Waals surface area (Å²) in [6.45, 7) is 2.54. The number of nitrogens with zero attached hydrogens (tertiary/aromatic N) is 1. The van der Waals surface area contributed by atoms with E-state index in [-0.39, 0.29) is 30.2 Å². The fourth-order valence-electron chi connectivity index (χ4n) is 2.80. The largest absolute Gasteiger partial charge is 0.354 e. The summed E-state index contributed by atoms with van der Waals surface area (Å²) in [5.74, 6) is -0.164. The van der Waals surface area contributed by atoms with Crippen LogP contribution in [0.4, 0.5) is 4.39 Å². The van der Waals surface area contributed by atoms with Gasteiger partial charge in [-0.2, -0.15) is 0 Å². The highest BCUT2D eigenvalue weighted by molar-refractivity contribution is 5.85. The Bertz CT molecular complexity index is 472. The molecule has 0 aromatic heterocycles. The molecule has 1 aliphatic heterocycles. The molecule has 22 heavy (non-hydrogen) atoms. The van der Waals surface area contributed by atoms with E-state index in [0.29, 0.717) is 26.1 Å². The van der Waals surface area contributed by atoms with Crippen molar-refractivity contribution in [3.05, 3.63) is 35.6 Å². The Morgan fingerprint density at radius 1 is 1.36 bits per heavy atom. The number of benzene rings is 1. The number of nitrogens with two attached hydrogens (primary N) is 1. The van der Waals surface area contributed by atoms with E-state index < -0.39 is 0 Å². The van der Waals surface area contributed by atoms with Gasteiger partial charge in [-0.3, -0.25) is 9.69 Å². The van der Waals surface area contributed by atoms with Crippen LogP contribution in [0.1, 0.15) is 31.2 Å². The van der Waals surface area contributed by atoms with Crippen LogP contribution in [0.25, 0.3) is 0 Å². The fraction of sp³-hybridized carbons (Fsp3) is 0.562. The number of rotatable bonds is 6. The summed E-state index contributed by atoms with van der Waals surface area (Å²) in [7, 11) is 0. The maximum absolute atomic E-state index is 13.8. The van der Waals surface area contributed by atoms with Crippen LogP contribution in [0.2, 0.25) is 0 Å².